The van der Waals surface area contributed by atoms with Crippen molar-refractivity contribution in [2.24, 2.45) is 0 Å². The molecular formula is AgCoCuNiZn. The van der Waals surface area contributed by atoms with E-state index in [-0.39, 0.29) is 92.2 Å². The van der Waals surface area contributed by atoms with Crippen LogP contribution in [0.4, 0.5) is 0 Å². The Morgan fingerprint density at radius 1 is 1.00 bits per heavy atom. The van der Waals surface area contributed by atoms with E-state index in [1.54, 1.807) is 0 Å². The molecule has 0 spiro atoms. The van der Waals surface area contributed by atoms with E-state index in [0.29, 0.717) is 0 Å². The van der Waals surface area contributed by atoms with Crippen LogP contribution in [-0.4, -0.2) is 0 Å². The Balaban J connectivity index is 0. The minimum absolute atomic E-state index is 0. The van der Waals surface area contributed by atoms with Crippen molar-refractivity contribution < 1.29 is 92.2 Å². The second-order valence-electron chi connectivity index (χ2n) is 0. The molecular weight excluding hydrogens is 354 g/mol. The standard InChI is InChI=1S/Ag.Co.Cu.Ni.Zn. The van der Waals surface area contributed by atoms with Crippen LogP contribution >= 0.6 is 0 Å². The van der Waals surface area contributed by atoms with Gasteiger partial charge in [0.05, 0.1) is 0 Å². The Bertz CT molecular complexity index is 11.6. The molecule has 43 valence electrons. The van der Waals surface area contributed by atoms with E-state index < -0.39 is 0 Å². The smallest absolute Gasteiger partial charge is 0 e. The summed E-state index contributed by atoms with van der Waals surface area (Å²) in [6.07, 6.45) is 0. The van der Waals surface area contributed by atoms with Crippen LogP contribution in [0.5, 0.6) is 0 Å². The molecule has 0 atom stereocenters. The molecule has 0 bridgehead atoms. The van der Waals surface area contributed by atoms with Crippen LogP contribution in [0.15, 0.2) is 0 Å². The van der Waals surface area contributed by atoms with E-state index >= 15 is 0 Å². The third-order valence-corrected chi connectivity index (χ3v) is 0. The molecule has 0 fully saturated rings. The van der Waals surface area contributed by atoms with E-state index in [1.807, 2.05) is 0 Å². The molecule has 0 heterocycles. The second kappa shape index (κ2) is 28.7. The largest absolute Gasteiger partial charge is 0 e. The first-order chi connectivity index (χ1) is 0. The van der Waals surface area contributed by atoms with E-state index in [1.165, 1.54) is 0 Å². The van der Waals surface area contributed by atoms with Gasteiger partial charge >= 0.3 is 0 Å². The van der Waals surface area contributed by atoms with Gasteiger partial charge in [-0.3, -0.25) is 0 Å². The molecule has 0 aliphatic heterocycles. The van der Waals surface area contributed by atoms with Crippen molar-refractivity contribution in [2.75, 3.05) is 0 Å². The van der Waals surface area contributed by atoms with Crippen molar-refractivity contribution in [1.82, 2.24) is 0 Å². The zero-order valence-electron chi connectivity index (χ0n) is 1.96. The molecule has 0 saturated heterocycles. The molecule has 0 aromatic carbocycles. The van der Waals surface area contributed by atoms with Crippen LogP contribution in [0.2, 0.25) is 0 Å². The summed E-state index contributed by atoms with van der Waals surface area (Å²) in [6, 6.07) is 0. The summed E-state index contributed by atoms with van der Waals surface area (Å²) < 4.78 is 0. The van der Waals surface area contributed by atoms with Gasteiger partial charge in [-0.2, -0.15) is 0 Å². The van der Waals surface area contributed by atoms with Crippen molar-refractivity contribution in [2.45, 2.75) is 0 Å². The minimum Gasteiger partial charge on any atom is 0 e. The summed E-state index contributed by atoms with van der Waals surface area (Å²) in [5.41, 5.74) is 0. The first kappa shape index (κ1) is 44.9. The first-order valence-corrected chi connectivity index (χ1v) is 0. The Morgan fingerprint density at radius 3 is 1.00 bits per heavy atom. The van der Waals surface area contributed by atoms with Crippen LogP contribution in [0.25, 0.3) is 0 Å². The Hall–Kier alpha value is 2.88. The van der Waals surface area contributed by atoms with Gasteiger partial charge in [0.2, 0.25) is 0 Å². The fourth-order valence-electron chi connectivity index (χ4n) is 0. The normalized spacial score (nSPS) is 0. The second-order valence-corrected chi connectivity index (χ2v) is 0. The van der Waals surface area contributed by atoms with Gasteiger partial charge in [0.15, 0.2) is 0 Å². The van der Waals surface area contributed by atoms with Gasteiger partial charge in [-0.05, 0) is 0 Å². The molecule has 3 radical (unpaired) electrons. The maximum absolute atomic E-state index is 0. The summed E-state index contributed by atoms with van der Waals surface area (Å²) in [5.74, 6) is 0. The van der Waals surface area contributed by atoms with E-state index in [9.17, 15) is 0 Å². The van der Waals surface area contributed by atoms with Crippen LogP contribution < -0.4 is 0 Å². The summed E-state index contributed by atoms with van der Waals surface area (Å²) in [7, 11) is 0. The molecule has 0 aliphatic rings. The molecule has 0 nitrogen and oxygen atoms in total. The monoisotopic (exact) mass is 351 g/mol. The fraction of sp³-hybridized carbons (Fsp3) is 0. The molecule has 0 aromatic rings. The van der Waals surface area contributed by atoms with Gasteiger partial charge in [-0.15, -0.1) is 0 Å². The summed E-state index contributed by atoms with van der Waals surface area (Å²) in [4.78, 5) is 0. The van der Waals surface area contributed by atoms with Crippen molar-refractivity contribution in [3.05, 3.63) is 0 Å². The molecule has 0 saturated carbocycles. The average Bonchev–Trinajstić information content (AvgIpc) is 0. The maximum Gasteiger partial charge on any atom is 0 e. The summed E-state index contributed by atoms with van der Waals surface area (Å²) in [5, 5.41) is 0. The Morgan fingerprint density at radius 2 is 1.00 bits per heavy atom. The molecule has 0 unspecified atom stereocenters. The SMILES string of the molecule is [Ag].[Co].[Cu].[Ni].[Zn]. The molecule has 0 N–H and O–H groups in total. The zero-order chi connectivity index (χ0) is 0. The van der Waals surface area contributed by atoms with Crippen molar-refractivity contribution >= 4 is 0 Å². The Kier molecular flexibility index (Phi) is 258. The molecule has 0 aromatic heterocycles. The first-order valence-electron chi connectivity index (χ1n) is 0. The Labute approximate surface area is 90.8 Å². The fourth-order valence-corrected chi connectivity index (χ4v) is 0. The van der Waals surface area contributed by atoms with E-state index in [4.69, 9.17) is 0 Å². The quantitative estimate of drug-likeness (QED) is 0.537. The maximum atomic E-state index is 0. The van der Waals surface area contributed by atoms with Crippen molar-refractivity contribution in [1.29, 1.82) is 0 Å². The molecule has 5 heteroatoms. The number of hydrogen-bond donors (Lipinski definition) is 0. The van der Waals surface area contributed by atoms with Gasteiger partial charge < -0.3 is 0 Å². The average molecular weight is 354 g/mol. The molecule has 0 rings (SSSR count). The van der Waals surface area contributed by atoms with Gasteiger partial charge in [0.25, 0.3) is 0 Å². The van der Waals surface area contributed by atoms with Crippen LogP contribution in [0.3, 0.4) is 0 Å². The predicted molar refractivity (Wildman–Crippen MR) is 0 cm³/mol. The third kappa shape index (κ3) is 19.7. The zero-order valence-corrected chi connectivity index (χ0v) is 9.38. The topological polar surface area (TPSA) is 0 Å². The van der Waals surface area contributed by atoms with Gasteiger partial charge in [-0.25, -0.2) is 0 Å². The van der Waals surface area contributed by atoms with Crippen LogP contribution in [0, 0.1) is 0 Å². The van der Waals surface area contributed by atoms with Crippen LogP contribution in [-0.2, 0) is 92.2 Å². The predicted octanol–water partition coefficient (Wildman–Crippen LogP) is -0.0125. The molecule has 0 aliphatic carbocycles. The summed E-state index contributed by atoms with van der Waals surface area (Å²) >= 11 is 0. The van der Waals surface area contributed by atoms with Gasteiger partial charge in [0, 0.05) is 92.2 Å². The molecule has 5 heavy (non-hydrogen) atoms. The van der Waals surface area contributed by atoms with E-state index in [2.05, 4.69) is 0 Å². The van der Waals surface area contributed by atoms with Gasteiger partial charge in [0.1, 0.15) is 0 Å². The minimum atomic E-state index is 0. The van der Waals surface area contributed by atoms with E-state index in [0.717, 1.165) is 0 Å². The van der Waals surface area contributed by atoms with Crippen molar-refractivity contribution in [3.63, 3.8) is 0 Å². The van der Waals surface area contributed by atoms with Crippen molar-refractivity contribution in [3.8, 4) is 0 Å². The number of hydrogen-bond acceptors (Lipinski definition) is 0. The van der Waals surface area contributed by atoms with Gasteiger partial charge in [-0.1, -0.05) is 0 Å². The third-order valence-electron chi connectivity index (χ3n) is 0. The van der Waals surface area contributed by atoms with Crippen LogP contribution in [0.1, 0.15) is 0 Å². The molecule has 0 amide bonds. The summed E-state index contributed by atoms with van der Waals surface area (Å²) in [6.45, 7) is 0. The number of rotatable bonds is 0.